The molecular formula is C14H21NOSi. The Morgan fingerprint density at radius 2 is 2.00 bits per heavy atom. The van der Waals surface area contributed by atoms with Crippen molar-refractivity contribution in [3.05, 3.63) is 29.3 Å². The quantitative estimate of drug-likeness (QED) is 0.815. The second kappa shape index (κ2) is 4.30. The highest BCUT2D eigenvalue weighted by Crippen LogP contribution is 2.33. The molecule has 0 spiro atoms. The topological polar surface area (TPSA) is 43.1 Å². The monoisotopic (exact) mass is 247 g/mol. The molecule has 1 aliphatic carbocycles. The Bertz CT molecular complexity index is 444. The Kier molecular flexibility index (Phi) is 3.12. The molecule has 2 N–H and O–H groups in total. The van der Waals surface area contributed by atoms with Gasteiger partial charge in [0.25, 0.3) is 0 Å². The van der Waals surface area contributed by atoms with E-state index in [0.717, 1.165) is 17.9 Å². The van der Waals surface area contributed by atoms with Crippen molar-refractivity contribution in [1.82, 2.24) is 0 Å². The summed E-state index contributed by atoms with van der Waals surface area (Å²) in [6, 6.07) is 6.24. The van der Waals surface area contributed by atoms with Gasteiger partial charge in [-0.15, -0.1) is 0 Å². The number of primary amides is 1. The van der Waals surface area contributed by atoms with Gasteiger partial charge in [-0.05, 0) is 35.9 Å². The van der Waals surface area contributed by atoms with Gasteiger partial charge in [-0.2, -0.15) is 0 Å². The van der Waals surface area contributed by atoms with Crippen LogP contribution in [0.3, 0.4) is 0 Å². The lowest BCUT2D eigenvalue weighted by atomic mass is 10.0. The van der Waals surface area contributed by atoms with E-state index in [1.54, 1.807) is 0 Å². The molecule has 1 saturated carbocycles. The maximum atomic E-state index is 11.7. The Labute approximate surface area is 104 Å². The third kappa shape index (κ3) is 2.78. The minimum atomic E-state index is -1.50. The zero-order valence-electron chi connectivity index (χ0n) is 10.9. The molecule has 0 saturated heterocycles. The second-order valence-electron chi connectivity index (χ2n) is 6.10. The summed E-state index contributed by atoms with van der Waals surface area (Å²) in [5, 5.41) is 1.21. The second-order valence-corrected chi connectivity index (χ2v) is 11.1. The molecule has 1 amide bonds. The number of hydrogen-bond donors (Lipinski definition) is 1. The maximum absolute atomic E-state index is 11.7. The number of carbonyl (C=O) groups excluding carboxylic acids is 1. The third-order valence-electron chi connectivity index (χ3n) is 3.41. The standard InChI is InChI=1S/C14H21NOSi/c1-17(2,3)12-6-4-5-11(9-10-7-8-10)13(12)14(15)16/h4-6,10H,7-9H2,1-3H3,(H2,15,16). The fourth-order valence-corrected chi connectivity index (χ4v) is 3.95. The Balaban J connectivity index is 2.47. The fourth-order valence-electron chi connectivity index (χ4n) is 2.32. The highest BCUT2D eigenvalue weighted by Gasteiger charge is 2.28. The first-order valence-corrected chi connectivity index (χ1v) is 9.82. The molecule has 1 aromatic rings. The van der Waals surface area contributed by atoms with E-state index in [0.29, 0.717) is 0 Å². The predicted molar refractivity (Wildman–Crippen MR) is 74.4 cm³/mol. The number of nitrogens with two attached hydrogens (primary N) is 1. The van der Waals surface area contributed by atoms with Gasteiger partial charge in [0.1, 0.15) is 0 Å². The summed E-state index contributed by atoms with van der Waals surface area (Å²) in [6.45, 7) is 6.78. The van der Waals surface area contributed by atoms with Crippen molar-refractivity contribution in [3.63, 3.8) is 0 Å². The van der Waals surface area contributed by atoms with Crippen LogP contribution in [0.25, 0.3) is 0 Å². The zero-order valence-corrected chi connectivity index (χ0v) is 11.9. The number of carbonyl (C=O) groups is 1. The molecule has 2 rings (SSSR count). The Morgan fingerprint density at radius 3 is 2.47 bits per heavy atom. The molecule has 1 aromatic carbocycles. The first-order chi connectivity index (χ1) is 7.89. The van der Waals surface area contributed by atoms with Crippen molar-refractivity contribution in [1.29, 1.82) is 0 Å². The van der Waals surface area contributed by atoms with Gasteiger partial charge in [-0.25, -0.2) is 0 Å². The molecule has 1 fully saturated rings. The number of rotatable bonds is 4. The molecular weight excluding hydrogens is 226 g/mol. The van der Waals surface area contributed by atoms with Gasteiger partial charge in [0.2, 0.25) is 5.91 Å². The van der Waals surface area contributed by atoms with Crippen LogP contribution in [0.5, 0.6) is 0 Å². The van der Waals surface area contributed by atoms with Crippen LogP contribution in [0.2, 0.25) is 19.6 Å². The molecule has 3 heteroatoms. The van der Waals surface area contributed by atoms with E-state index >= 15 is 0 Å². The molecule has 0 aromatic heterocycles. The van der Waals surface area contributed by atoms with Crippen LogP contribution in [-0.2, 0) is 6.42 Å². The molecule has 1 aliphatic rings. The molecule has 0 bridgehead atoms. The lowest BCUT2D eigenvalue weighted by molar-refractivity contribution is 0.100. The van der Waals surface area contributed by atoms with E-state index in [1.165, 1.54) is 23.6 Å². The summed E-state index contributed by atoms with van der Waals surface area (Å²) >= 11 is 0. The van der Waals surface area contributed by atoms with Crippen LogP contribution >= 0.6 is 0 Å². The van der Waals surface area contributed by atoms with Crippen LogP contribution in [0.4, 0.5) is 0 Å². The van der Waals surface area contributed by atoms with E-state index in [2.05, 4.69) is 37.8 Å². The third-order valence-corrected chi connectivity index (χ3v) is 5.44. The minimum absolute atomic E-state index is 0.251. The van der Waals surface area contributed by atoms with Crippen LogP contribution in [0.1, 0.15) is 28.8 Å². The molecule has 0 unspecified atom stereocenters. The van der Waals surface area contributed by atoms with E-state index in [-0.39, 0.29) is 5.91 Å². The van der Waals surface area contributed by atoms with Crippen molar-refractivity contribution >= 4 is 19.2 Å². The van der Waals surface area contributed by atoms with Crippen LogP contribution in [0.15, 0.2) is 18.2 Å². The van der Waals surface area contributed by atoms with Crippen molar-refractivity contribution < 1.29 is 4.79 Å². The van der Waals surface area contributed by atoms with Crippen LogP contribution in [-0.4, -0.2) is 14.0 Å². The molecule has 0 heterocycles. The summed E-state index contributed by atoms with van der Waals surface area (Å²) in [4.78, 5) is 11.7. The molecule has 0 radical (unpaired) electrons. The fraction of sp³-hybridized carbons (Fsp3) is 0.500. The van der Waals surface area contributed by atoms with Crippen molar-refractivity contribution in [2.24, 2.45) is 11.7 Å². The van der Waals surface area contributed by atoms with E-state index in [4.69, 9.17) is 5.73 Å². The van der Waals surface area contributed by atoms with E-state index in [9.17, 15) is 4.79 Å². The summed E-state index contributed by atoms with van der Waals surface area (Å²) in [5.41, 5.74) is 7.58. The summed E-state index contributed by atoms with van der Waals surface area (Å²) in [7, 11) is -1.50. The van der Waals surface area contributed by atoms with Gasteiger partial charge in [0.05, 0.1) is 8.07 Å². The Hall–Kier alpha value is -1.09. The molecule has 0 aliphatic heterocycles. The van der Waals surface area contributed by atoms with Gasteiger partial charge >= 0.3 is 0 Å². The van der Waals surface area contributed by atoms with Gasteiger partial charge in [-0.1, -0.05) is 37.8 Å². The average Bonchev–Trinajstić information content (AvgIpc) is 2.99. The lowest BCUT2D eigenvalue weighted by Crippen LogP contribution is -2.43. The number of amides is 1. The average molecular weight is 247 g/mol. The number of hydrogen-bond acceptors (Lipinski definition) is 1. The lowest BCUT2D eigenvalue weighted by Gasteiger charge is -2.21. The predicted octanol–water partition coefficient (Wildman–Crippen LogP) is 2.28. The zero-order chi connectivity index (χ0) is 12.6. The normalized spacial score (nSPS) is 15.9. The van der Waals surface area contributed by atoms with Crippen molar-refractivity contribution in [2.75, 3.05) is 0 Å². The summed E-state index contributed by atoms with van der Waals surface area (Å²) in [6.07, 6.45) is 3.63. The molecule has 92 valence electrons. The first kappa shape index (κ1) is 12.4. The number of benzene rings is 1. The van der Waals surface area contributed by atoms with E-state index in [1.807, 2.05) is 0 Å². The smallest absolute Gasteiger partial charge is 0.248 e. The molecule has 17 heavy (non-hydrogen) atoms. The van der Waals surface area contributed by atoms with Crippen LogP contribution < -0.4 is 10.9 Å². The van der Waals surface area contributed by atoms with Crippen molar-refractivity contribution in [2.45, 2.75) is 38.9 Å². The van der Waals surface area contributed by atoms with Crippen molar-refractivity contribution in [3.8, 4) is 0 Å². The van der Waals surface area contributed by atoms with Gasteiger partial charge < -0.3 is 5.73 Å². The summed E-state index contributed by atoms with van der Waals surface area (Å²) in [5.74, 6) is 0.531. The van der Waals surface area contributed by atoms with Crippen LogP contribution in [0, 0.1) is 5.92 Å². The minimum Gasteiger partial charge on any atom is -0.366 e. The van der Waals surface area contributed by atoms with E-state index < -0.39 is 8.07 Å². The molecule has 0 atom stereocenters. The highest BCUT2D eigenvalue weighted by atomic mass is 28.3. The highest BCUT2D eigenvalue weighted by molar-refractivity contribution is 6.89. The SMILES string of the molecule is C[Si](C)(C)c1cccc(CC2CC2)c1C(N)=O. The first-order valence-electron chi connectivity index (χ1n) is 6.32. The summed E-state index contributed by atoms with van der Waals surface area (Å²) < 4.78 is 0. The maximum Gasteiger partial charge on any atom is 0.248 e. The largest absolute Gasteiger partial charge is 0.366 e. The Morgan fingerprint density at radius 1 is 1.35 bits per heavy atom. The van der Waals surface area contributed by atoms with Gasteiger partial charge in [0, 0.05) is 5.56 Å². The van der Waals surface area contributed by atoms with Gasteiger partial charge in [-0.3, -0.25) is 4.79 Å². The molecule has 2 nitrogen and oxygen atoms in total. The van der Waals surface area contributed by atoms with Gasteiger partial charge in [0.15, 0.2) is 0 Å².